The van der Waals surface area contributed by atoms with Gasteiger partial charge in [0.25, 0.3) is 0 Å². The topological polar surface area (TPSA) is 18.5 Å². The number of rotatable bonds is 2. The van der Waals surface area contributed by atoms with Crippen LogP contribution in [0.4, 0.5) is 0 Å². The summed E-state index contributed by atoms with van der Waals surface area (Å²) in [5, 5.41) is 0. The Bertz CT molecular complexity index is 384. The van der Waals surface area contributed by atoms with Gasteiger partial charge in [-0.1, -0.05) is 24.3 Å². The third-order valence-electron chi connectivity index (χ3n) is 2.33. The molecule has 82 valence electrons. The van der Waals surface area contributed by atoms with Crippen molar-refractivity contribution in [1.29, 1.82) is 0 Å². The van der Waals surface area contributed by atoms with Crippen LogP contribution in [0.2, 0.25) is 0 Å². The van der Waals surface area contributed by atoms with Crippen molar-refractivity contribution < 1.29 is 11.1 Å². The molecule has 0 saturated carbocycles. The summed E-state index contributed by atoms with van der Waals surface area (Å²) in [5.74, 6) is 0. The maximum absolute atomic E-state index is 8.30. The summed E-state index contributed by atoms with van der Waals surface area (Å²) < 4.78 is 8.30. The van der Waals surface area contributed by atoms with Gasteiger partial charge in [0, 0.05) is 0 Å². The first kappa shape index (κ1) is 9.37. The van der Waals surface area contributed by atoms with Gasteiger partial charge in [-0.2, -0.15) is 0 Å². The zero-order valence-electron chi connectivity index (χ0n) is 10.5. The Balaban J connectivity index is 2.16. The molecule has 1 aromatic rings. The molecule has 0 aromatic heterocycles. The normalized spacial score (nSPS) is 26.2. The fourth-order valence-corrected chi connectivity index (χ4v) is 1.66. The summed E-state index contributed by atoms with van der Waals surface area (Å²) in [6, 6.07) is 7.93. The van der Waals surface area contributed by atoms with E-state index in [9.17, 15) is 0 Å². The van der Waals surface area contributed by atoms with Gasteiger partial charge in [-0.25, -0.2) is 9.78 Å². The standard InChI is InChI=1S/C13H18O2/c1-13(2,3)15-14-12-9-8-10-6-4-5-7-11(10)12/h4-7,12H,8-9H2,1-3H3/i12D. The van der Waals surface area contributed by atoms with E-state index in [0.29, 0.717) is 6.42 Å². The number of hydrogen-bond donors (Lipinski definition) is 0. The third kappa shape index (κ3) is 2.58. The van der Waals surface area contributed by atoms with Crippen molar-refractivity contribution in [3.8, 4) is 0 Å². The predicted octanol–water partition coefficient (Wildman–Crippen LogP) is 3.42. The largest absolute Gasteiger partial charge is 0.230 e. The molecule has 15 heavy (non-hydrogen) atoms. The molecule has 1 aromatic carbocycles. The van der Waals surface area contributed by atoms with Crippen LogP contribution >= 0.6 is 0 Å². The van der Waals surface area contributed by atoms with Crippen molar-refractivity contribution in [3.05, 3.63) is 35.4 Å². The van der Waals surface area contributed by atoms with Crippen LogP contribution in [0, 0.1) is 0 Å². The van der Waals surface area contributed by atoms with Gasteiger partial charge in [-0.15, -0.1) is 0 Å². The molecule has 0 saturated heterocycles. The fraction of sp³-hybridized carbons (Fsp3) is 0.538. The van der Waals surface area contributed by atoms with E-state index in [2.05, 4.69) is 0 Å². The van der Waals surface area contributed by atoms with Crippen LogP contribution in [0.1, 0.15) is 45.8 Å². The Morgan fingerprint density at radius 2 is 2.07 bits per heavy atom. The summed E-state index contributed by atoms with van der Waals surface area (Å²) in [4.78, 5) is 10.6. The quantitative estimate of drug-likeness (QED) is 0.546. The van der Waals surface area contributed by atoms with E-state index in [4.69, 9.17) is 11.1 Å². The molecule has 0 spiro atoms. The second-order valence-corrected chi connectivity index (χ2v) is 4.86. The van der Waals surface area contributed by atoms with Crippen molar-refractivity contribution in [2.75, 3.05) is 0 Å². The van der Waals surface area contributed by atoms with Crippen molar-refractivity contribution in [2.45, 2.75) is 45.3 Å². The Morgan fingerprint density at radius 3 is 2.80 bits per heavy atom. The van der Waals surface area contributed by atoms with Crippen LogP contribution < -0.4 is 0 Å². The molecule has 2 nitrogen and oxygen atoms in total. The van der Waals surface area contributed by atoms with Gasteiger partial charge in [0.05, 0.1) is 6.97 Å². The molecule has 2 rings (SSSR count). The van der Waals surface area contributed by atoms with Crippen LogP contribution in [-0.2, 0) is 16.2 Å². The van der Waals surface area contributed by atoms with Crippen LogP contribution in [0.25, 0.3) is 0 Å². The average molecular weight is 207 g/mol. The Morgan fingerprint density at radius 1 is 1.33 bits per heavy atom. The Hall–Kier alpha value is -0.860. The SMILES string of the molecule is [2H]C1(OOC(C)(C)C)CCc2ccccc21. The van der Waals surface area contributed by atoms with E-state index in [1.165, 1.54) is 5.56 Å². The summed E-state index contributed by atoms with van der Waals surface area (Å²) in [7, 11) is 0. The van der Waals surface area contributed by atoms with E-state index in [-0.39, 0.29) is 5.60 Å². The zero-order valence-corrected chi connectivity index (χ0v) is 9.54. The highest BCUT2D eigenvalue weighted by molar-refractivity contribution is 5.33. The molecule has 1 atom stereocenters. The minimum absolute atomic E-state index is 0.383. The van der Waals surface area contributed by atoms with Gasteiger partial charge < -0.3 is 0 Å². The molecule has 0 bridgehead atoms. The second kappa shape index (κ2) is 3.95. The molecule has 1 aliphatic rings. The number of benzene rings is 1. The number of hydrogen-bond acceptors (Lipinski definition) is 2. The van der Waals surface area contributed by atoms with E-state index < -0.39 is 6.08 Å². The van der Waals surface area contributed by atoms with Gasteiger partial charge in [0.1, 0.15) is 6.08 Å². The van der Waals surface area contributed by atoms with Gasteiger partial charge in [0.2, 0.25) is 0 Å². The second-order valence-electron chi connectivity index (χ2n) is 4.86. The Kier molecular flexibility index (Phi) is 2.47. The fourth-order valence-electron chi connectivity index (χ4n) is 1.66. The maximum atomic E-state index is 8.30. The smallest absolute Gasteiger partial charge is 0.119 e. The first-order valence-electron chi connectivity index (χ1n) is 5.86. The van der Waals surface area contributed by atoms with Crippen LogP contribution in [0.5, 0.6) is 0 Å². The summed E-state index contributed by atoms with van der Waals surface area (Å²) in [6.45, 7) is 5.74. The zero-order chi connectivity index (χ0) is 11.8. The first-order chi connectivity index (χ1) is 7.41. The lowest BCUT2D eigenvalue weighted by Crippen LogP contribution is -2.20. The van der Waals surface area contributed by atoms with E-state index in [1.807, 2.05) is 45.0 Å². The van der Waals surface area contributed by atoms with Crippen molar-refractivity contribution in [1.82, 2.24) is 0 Å². The molecule has 0 fully saturated rings. The monoisotopic (exact) mass is 207 g/mol. The molecule has 0 aliphatic heterocycles. The summed E-state index contributed by atoms with van der Waals surface area (Å²) in [6.07, 6.45) is 0.499. The van der Waals surface area contributed by atoms with Gasteiger partial charge in [-0.3, -0.25) is 0 Å². The van der Waals surface area contributed by atoms with Crippen LogP contribution in [-0.4, -0.2) is 5.60 Å². The number of aryl methyl sites for hydroxylation is 1. The van der Waals surface area contributed by atoms with Crippen molar-refractivity contribution in [2.24, 2.45) is 0 Å². The third-order valence-corrected chi connectivity index (χ3v) is 2.33. The minimum Gasteiger partial charge on any atom is -0.230 e. The lowest BCUT2D eigenvalue weighted by atomic mass is 10.1. The van der Waals surface area contributed by atoms with Crippen LogP contribution in [0.15, 0.2) is 24.3 Å². The summed E-state index contributed by atoms with van der Waals surface area (Å²) >= 11 is 0. The average Bonchev–Trinajstić information content (AvgIpc) is 2.55. The highest BCUT2D eigenvalue weighted by Crippen LogP contribution is 2.34. The lowest BCUT2D eigenvalue weighted by Gasteiger charge is -2.21. The molecule has 2 heteroatoms. The van der Waals surface area contributed by atoms with Gasteiger partial charge in [-0.05, 0) is 44.7 Å². The molecule has 1 unspecified atom stereocenters. The predicted molar refractivity (Wildman–Crippen MR) is 59.4 cm³/mol. The van der Waals surface area contributed by atoms with E-state index in [1.54, 1.807) is 0 Å². The minimum atomic E-state index is -1.04. The Labute approximate surface area is 92.5 Å². The molecule has 0 amide bonds. The number of fused-ring (bicyclic) bond motifs is 1. The van der Waals surface area contributed by atoms with Crippen molar-refractivity contribution >= 4 is 0 Å². The first-order valence-corrected chi connectivity index (χ1v) is 5.36. The maximum Gasteiger partial charge on any atom is 0.119 e. The lowest BCUT2D eigenvalue weighted by molar-refractivity contribution is -0.375. The van der Waals surface area contributed by atoms with Gasteiger partial charge >= 0.3 is 0 Å². The van der Waals surface area contributed by atoms with Crippen LogP contribution in [0.3, 0.4) is 0 Å². The highest BCUT2D eigenvalue weighted by atomic mass is 17.2. The molecule has 1 aliphatic carbocycles. The molecular weight excluding hydrogens is 188 g/mol. The van der Waals surface area contributed by atoms with Crippen molar-refractivity contribution in [3.63, 3.8) is 0 Å². The summed E-state index contributed by atoms with van der Waals surface area (Å²) in [5.41, 5.74) is 1.74. The molecular formula is C13H18O2. The van der Waals surface area contributed by atoms with E-state index in [0.717, 1.165) is 12.0 Å². The molecule has 0 heterocycles. The highest BCUT2D eigenvalue weighted by Gasteiger charge is 2.25. The molecule has 0 radical (unpaired) electrons. The molecule has 0 N–H and O–H groups in total. The van der Waals surface area contributed by atoms with E-state index >= 15 is 0 Å². The van der Waals surface area contributed by atoms with Gasteiger partial charge in [0.15, 0.2) is 0 Å².